The van der Waals surface area contributed by atoms with Gasteiger partial charge in [-0.25, -0.2) is 4.98 Å². The highest BCUT2D eigenvalue weighted by Crippen LogP contribution is 2.10. The molecule has 0 aliphatic rings. The molecule has 2 heterocycles. The van der Waals surface area contributed by atoms with E-state index in [2.05, 4.69) is 26.0 Å². The normalized spacial score (nSPS) is 10.8. The van der Waals surface area contributed by atoms with Crippen LogP contribution in [0.5, 0.6) is 0 Å². The Morgan fingerprint density at radius 1 is 1.29 bits per heavy atom. The van der Waals surface area contributed by atoms with Gasteiger partial charge in [0.05, 0.1) is 5.69 Å². The predicted molar refractivity (Wildman–Crippen MR) is 84.5 cm³/mol. The first-order valence-corrected chi connectivity index (χ1v) is 7.54. The van der Waals surface area contributed by atoms with E-state index in [0.29, 0.717) is 0 Å². The van der Waals surface area contributed by atoms with Crippen molar-refractivity contribution >= 4 is 5.95 Å². The van der Waals surface area contributed by atoms with Crippen molar-refractivity contribution in [1.29, 1.82) is 0 Å². The lowest BCUT2D eigenvalue weighted by Crippen LogP contribution is -2.11. The maximum absolute atomic E-state index is 5.38. The van der Waals surface area contributed by atoms with E-state index >= 15 is 0 Å². The third-order valence-corrected chi connectivity index (χ3v) is 3.23. The van der Waals surface area contributed by atoms with Gasteiger partial charge in [0, 0.05) is 44.9 Å². The van der Waals surface area contributed by atoms with Gasteiger partial charge in [-0.05, 0) is 44.4 Å². The van der Waals surface area contributed by atoms with Gasteiger partial charge in [-0.1, -0.05) is 0 Å². The Labute approximate surface area is 126 Å². The topological polar surface area (TPSA) is 52.0 Å². The zero-order valence-electron chi connectivity index (χ0n) is 12.9. The Kier molecular flexibility index (Phi) is 6.22. The fraction of sp³-hybridized carbons (Fsp3) is 0.500. The van der Waals surface area contributed by atoms with E-state index in [4.69, 9.17) is 4.74 Å². The van der Waals surface area contributed by atoms with Crippen molar-refractivity contribution in [2.75, 3.05) is 25.1 Å². The van der Waals surface area contributed by atoms with E-state index in [1.54, 1.807) is 0 Å². The standard InChI is InChI=1S/C16H24N4O/c1-3-21-12-4-11-20-13-14(2)19-16(20)18-10-7-15-5-8-17-9-6-15/h5-6,8-9,13H,3-4,7,10-12H2,1-2H3,(H,18,19). The molecule has 0 bridgehead atoms. The van der Waals surface area contributed by atoms with Crippen LogP contribution in [0.15, 0.2) is 30.7 Å². The summed E-state index contributed by atoms with van der Waals surface area (Å²) in [6.07, 6.45) is 7.71. The van der Waals surface area contributed by atoms with Gasteiger partial charge in [-0.15, -0.1) is 0 Å². The molecule has 0 fully saturated rings. The fourth-order valence-corrected chi connectivity index (χ4v) is 2.21. The lowest BCUT2D eigenvalue weighted by molar-refractivity contribution is 0.142. The molecule has 2 aromatic rings. The maximum atomic E-state index is 5.38. The molecule has 5 heteroatoms. The summed E-state index contributed by atoms with van der Waals surface area (Å²) in [5, 5.41) is 3.41. The van der Waals surface area contributed by atoms with E-state index in [-0.39, 0.29) is 0 Å². The van der Waals surface area contributed by atoms with Gasteiger partial charge >= 0.3 is 0 Å². The molecule has 0 saturated heterocycles. The minimum atomic E-state index is 0.778. The Bertz CT molecular complexity index is 524. The number of imidazole rings is 1. The van der Waals surface area contributed by atoms with Crippen LogP contribution in [0.3, 0.4) is 0 Å². The summed E-state index contributed by atoms with van der Waals surface area (Å²) in [6.45, 7) is 7.41. The molecule has 0 saturated carbocycles. The molecule has 0 unspecified atom stereocenters. The number of anilines is 1. The number of aromatic nitrogens is 3. The van der Waals surface area contributed by atoms with Gasteiger partial charge in [0.1, 0.15) is 0 Å². The minimum Gasteiger partial charge on any atom is -0.382 e. The number of rotatable bonds is 9. The SMILES string of the molecule is CCOCCCn1cc(C)nc1NCCc1ccncc1. The average molecular weight is 288 g/mol. The second kappa shape index (κ2) is 8.42. The number of hydrogen-bond acceptors (Lipinski definition) is 4. The molecule has 2 rings (SSSR count). The van der Waals surface area contributed by atoms with Crippen molar-refractivity contribution in [3.63, 3.8) is 0 Å². The molecule has 0 amide bonds. The van der Waals surface area contributed by atoms with Crippen LogP contribution in [0.25, 0.3) is 0 Å². The number of ether oxygens (including phenoxy) is 1. The maximum Gasteiger partial charge on any atom is 0.203 e. The summed E-state index contributed by atoms with van der Waals surface area (Å²) in [7, 11) is 0. The molecular formula is C16H24N4O. The van der Waals surface area contributed by atoms with Crippen LogP contribution in [0.4, 0.5) is 5.95 Å². The first-order chi connectivity index (χ1) is 10.3. The molecule has 0 aliphatic carbocycles. The van der Waals surface area contributed by atoms with Gasteiger partial charge in [0.2, 0.25) is 5.95 Å². The number of aryl methyl sites for hydroxylation is 2. The van der Waals surface area contributed by atoms with Crippen molar-refractivity contribution in [1.82, 2.24) is 14.5 Å². The second-order valence-corrected chi connectivity index (χ2v) is 4.98. The van der Waals surface area contributed by atoms with Crippen LogP contribution in [0, 0.1) is 6.92 Å². The van der Waals surface area contributed by atoms with Crippen molar-refractivity contribution in [2.24, 2.45) is 0 Å². The molecule has 0 radical (unpaired) electrons. The van der Waals surface area contributed by atoms with E-state index < -0.39 is 0 Å². The van der Waals surface area contributed by atoms with Crippen LogP contribution >= 0.6 is 0 Å². The summed E-state index contributed by atoms with van der Waals surface area (Å²) in [5.41, 5.74) is 2.32. The molecule has 5 nitrogen and oxygen atoms in total. The lowest BCUT2D eigenvalue weighted by atomic mass is 10.2. The van der Waals surface area contributed by atoms with Crippen LogP contribution in [-0.4, -0.2) is 34.3 Å². The highest BCUT2D eigenvalue weighted by molar-refractivity contribution is 5.29. The monoisotopic (exact) mass is 288 g/mol. The number of hydrogen-bond donors (Lipinski definition) is 1. The largest absolute Gasteiger partial charge is 0.382 e. The molecule has 0 aliphatic heterocycles. The van der Waals surface area contributed by atoms with Gasteiger partial charge in [-0.2, -0.15) is 0 Å². The van der Waals surface area contributed by atoms with E-state index in [1.807, 2.05) is 38.4 Å². The van der Waals surface area contributed by atoms with Crippen molar-refractivity contribution in [2.45, 2.75) is 33.2 Å². The summed E-state index contributed by atoms with van der Waals surface area (Å²) >= 11 is 0. The minimum absolute atomic E-state index is 0.778. The summed E-state index contributed by atoms with van der Waals surface area (Å²) in [4.78, 5) is 8.57. The zero-order chi connectivity index (χ0) is 14.9. The molecule has 114 valence electrons. The third kappa shape index (κ3) is 5.19. The van der Waals surface area contributed by atoms with Crippen LogP contribution < -0.4 is 5.32 Å². The molecule has 0 atom stereocenters. The summed E-state index contributed by atoms with van der Waals surface area (Å²) < 4.78 is 7.55. The third-order valence-electron chi connectivity index (χ3n) is 3.23. The van der Waals surface area contributed by atoms with E-state index in [1.165, 1.54) is 5.56 Å². The van der Waals surface area contributed by atoms with Crippen LogP contribution in [0.2, 0.25) is 0 Å². The van der Waals surface area contributed by atoms with Gasteiger partial charge in [-0.3, -0.25) is 4.98 Å². The van der Waals surface area contributed by atoms with E-state index in [0.717, 1.165) is 50.8 Å². The highest BCUT2D eigenvalue weighted by atomic mass is 16.5. The summed E-state index contributed by atoms with van der Waals surface area (Å²) in [5.74, 6) is 0.943. The molecule has 1 N–H and O–H groups in total. The fourth-order valence-electron chi connectivity index (χ4n) is 2.21. The zero-order valence-corrected chi connectivity index (χ0v) is 12.9. The Morgan fingerprint density at radius 3 is 2.86 bits per heavy atom. The average Bonchev–Trinajstić information content (AvgIpc) is 2.85. The van der Waals surface area contributed by atoms with Crippen LogP contribution in [-0.2, 0) is 17.7 Å². The summed E-state index contributed by atoms with van der Waals surface area (Å²) in [6, 6.07) is 4.09. The van der Waals surface area contributed by atoms with Crippen molar-refractivity contribution < 1.29 is 4.74 Å². The smallest absolute Gasteiger partial charge is 0.203 e. The van der Waals surface area contributed by atoms with Crippen molar-refractivity contribution in [3.05, 3.63) is 42.0 Å². The number of nitrogens with one attached hydrogen (secondary N) is 1. The van der Waals surface area contributed by atoms with Gasteiger partial charge in [0.25, 0.3) is 0 Å². The molecule has 0 spiro atoms. The Balaban J connectivity index is 1.82. The van der Waals surface area contributed by atoms with Crippen LogP contribution in [0.1, 0.15) is 24.6 Å². The van der Waals surface area contributed by atoms with Gasteiger partial charge in [0.15, 0.2) is 0 Å². The first-order valence-electron chi connectivity index (χ1n) is 7.54. The Morgan fingerprint density at radius 2 is 2.10 bits per heavy atom. The van der Waals surface area contributed by atoms with Crippen molar-refractivity contribution in [3.8, 4) is 0 Å². The number of pyridine rings is 1. The lowest BCUT2D eigenvalue weighted by Gasteiger charge is -2.09. The first kappa shape index (κ1) is 15.5. The number of nitrogens with zero attached hydrogens (tertiary/aromatic N) is 3. The second-order valence-electron chi connectivity index (χ2n) is 4.98. The predicted octanol–water partition coefficient (Wildman–Crippen LogP) is 2.67. The Hall–Kier alpha value is -1.88. The highest BCUT2D eigenvalue weighted by Gasteiger charge is 2.04. The molecule has 2 aromatic heterocycles. The molecule has 0 aromatic carbocycles. The van der Waals surface area contributed by atoms with Gasteiger partial charge < -0.3 is 14.6 Å². The van der Waals surface area contributed by atoms with E-state index in [9.17, 15) is 0 Å². The quantitative estimate of drug-likeness (QED) is 0.721. The molecular weight excluding hydrogens is 264 g/mol. The molecule has 21 heavy (non-hydrogen) atoms.